The highest BCUT2D eigenvalue weighted by Gasteiger charge is 2.17. The number of aliphatic hydroxyl groups is 2. The molecule has 0 aromatic carbocycles. The summed E-state index contributed by atoms with van der Waals surface area (Å²) in [6, 6.07) is -0.227. The molecule has 0 spiro atoms. The fraction of sp³-hybridized carbons (Fsp3) is 1.00. The summed E-state index contributed by atoms with van der Waals surface area (Å²) in [5.41, 5.74) is 0. The first kappa shape index (κ1) is 8.94. The lowest BCUT2D eigenvalue weighted by atomic mass is 9.97. The predicted octanol–water partition coefficient (Wildman–Crippen LogP) is -1.13. The molecule has 1 saturated heterocycles. The SMILES string of the molecule is CO.[B]C1CC(O)CO1. The van der Waals surface area contributed by atoms with Crippen LogP contribution in [0.25, 0.3) is 0 Å². The van der Waals surface area contributed by atoms with Gasteiger partial charge < -0.3 is 14.9 Å². The molecule has 3 nitrogen and oxygen atoms in total. The maximum atomic E-state index is 8.69. The summed E-state index contributed by atoms with van der Waals surface area (Å²) >= 11 is 0. The number of hydrogen-bond donors (Lipinski definition) is 2. The highest BCUT2D eigenvalue weighted by atomic mass is 16.5. The van der Waals surface area contributed by atoms with Crippen molar-refractivity contribution in [1.29, 1.82) is 0 Å². The quantitative estimate of drug-likeness (QED) is 0.408. The van der Waals surface area contributed by atoms with Crippen LogP contribution in [0.15, 0.2) is 0 Å². The number of hydrogen-bond acceptors (Lipinski definition) is 3. The summed E-state index contributed by atoms with van der Waals surface area (Å²) in [6.45, 7) is 0.404. The standard InChI is InChI=1S/C4H7BO2.CH4O/c5-4-1-3(6)2-7-4;1-2/h3-4,6H,1-2H2;2H,1H3. The Labute approximate surface area is 56.1 Å². The molecule has 0 saturated carbocycles. The maximum absolute atomic E-state index is 8.69. The van der Waals surface area contributed by atoms with Crippen molar-refractivity contribution in [2.45, 2.75) is 18.5 Å². The van der Waals surface area contributed by atoms with Gasteiger partial charge in [-0.3, -0.25) is 0 Å². The molecule has 0 aliphatic carbocycles. The van der Waals surface area contributed by atoms with E-state index in [1.807, 2.05) is 0 Å². The van der Waals surface area contributed by atoms with Gasteiger partial charge in [-0.25, -0.2) is 0 Å². The first-order valence-electron chi connectivity index (χ1n) is 2.79. The Hall–Kier alpha value is -0.0551. The summed E-state index contributed by atoms with van der Waals surface area (Å²) < 4.78 is 4.79. The van der Waals surface area contributed by atoms with Crippen LogP contribution in [0.3, 0.4) is 0 Å². The first-order chi connectivity index (χ1) is 4.29. The molecule has 1 aliphatic heterocycles. The second kappa shape index (κ2) is 4.79. The second-order valence-corrected chi connectivity index (χ2v) is 1.76. The van der Waals surface area contributed by atoms with E-state index in [0.29, 0.717) is 13.0 Å². The van der Waals surface area contributed by atoms with Gasteiger partial charge in [-0.15, -0.1) is 0 Å². The van der Waals surface area contributed by atoms with Gasteiger partial charge in [-0.1, -0.05) is 0 Å². The largest absolute Gasteiger partial charge is 0.400 e. The summed E-state index contributed by atoms with van der Waals surface area (Å²) in [5.74, 6) is 0. The fourth-order valence-electron chi connectivity index (χ4n) is 0.639. The van der Waals surface area contributed by atoms with Crippen molar-refractivity contribution in [2.24, 2.45) is 0 Å². The van der Waals surface area contributed by atoms with Crippen molar-refractivity contribution in [2.75, 3.05) is 13.7 Å². The van der Waals surface area contributed by atoms with Gasteiger partial charge in [0, 0.05) is 13.1 Å². The third-order valence-corrected chi connectivity index (χ3v) is 1.01. The Kier molecular flexibility index (Phi) is 4.76. The lowest BCUT2D eigenvalue weighted by Crippen LogP contribution is -2.05. The molecule has 1 heterocycles. The Balaban J connectivity index is 0.000000291. The van der Waals surface area contributed by atoms with Gasteiger partial charge in [-0.2, -0.15) is 0 Å². The topological polar surface area (TPSA) is 49.7 Å². The maximum Gasteiger partial charge on any atom is 0.109 e. The van der Waals surface area contributed by atoms with Crippen LogP contribution >= 0.6 is 0 Å². The van der Waals surface area contributed by atoms with E-state index in [9.17, 15) is 0 Å². The van der Waals surface area contributed by atoms with E-state index in [1.165, 1.54) is 0 Å². The van der Waals surface area contributed by atoms with E-state index in [4.69, 9.17) is 22.8 Å². The minimum Gasteiger partial charge on any atom is -0.400 e. The van der Waals surface area contributed by atoms with Crippen LogP contribution in [-0.4, -0.2) is 43.9 Å². The van der Waals surface area contributed by atoms with Crippen LogP contribution in [0.5, 0.6) is 0 Å². The molecule has 0 bridgehead atoms. The van der Waals surface area contributed by atoms with Gasteiger partial charge in [0.1, 0.15) is 7.85 Å². The normalized spacial score (nSPS) is 33.2. The summed E-state index contributed by atoms with van der Waals surface area (Å²) in [4.78, 5) is 0. The highest BCUT2D eigenvalue weighted by molar-refractivity contribution is 6.11. The molecule has 1 aliphatic rings. The highest BCUT2D eigenvalue weighted by Crippen LogP contribution is 2.08. The molecular weight excluding hydrogens is 119 g/mol. The molecule has 2 radical (unpaired) electrons. The van der Waals surface area contributed by atoms with Crippen LogP contribution in [-0.2, 0) is 4.74 Å². The van der Waals surface area contributed by atoms with Crippen molar-refractivity contribution in [3.63, 3.8) is 0 Å². The van der Waals surface area contributed by atoms with Gasteiger partial charge in [0.2, 0.25) is 0 Å². The average molecular weight is 130 g/mol. The first-order valence-corrected chi connectivity index (χ1v) is 2.79. The molecule has 2 N–H and O–H groups in total. The molecular formula is C5H11BO3. The van der Waals surface area contributed by atoms with Crippen molar-refractivity contribution < 1.29 is 14.9 Å². The molecule has 0 amide bonds. The van der Waals surface area contributed by atoms with E-state index in [0.717, 1.165) is 7.11 Å². The van der Waals surface area contributed by atoms with Crippen LogP contribution in [0.4, 0.5) is 0 Å². The number of ether oxygens (including phenoxy) is 1. The molecule has 1 rings (SSSR count). The van der Waals surface area contributed by atoms with Gasteiger partial charge in [-0.05, 0) is 6.42 Å². The minimum absolute atomic E-state index is 0.227. The third-order valence-electron chi connectivity index (χ3n) is 1.01. The van der Waals surface area contributed by atoms with Gasteiger partial charge >= 0.3 is 0 Å². The predicted molar refractivity (Wildman–Crippen MR) is 34.3 cm³/mol. The molecule has 2 unspecified atom stereocenters. The number of aliphatic hydroxyl groups excluding tert-OH is 2. The zero-order valence-corrected chi connectivity index (χ0v) is 5.45. The molecule has 4 heteroatoms. The van der Waals surface area contributed by atoms with Crippen LogP contribution in [0, 0.1) is 0 Å². The Morgan fingerprint density at radius 2 is 2.11 bits per heavy atom. The second-order valence-electron chi connectivity index (χ2n) is 1.76. The van der Waals surface area contributed by atoms with E-state index in [-0.39, 0.29) is 12.1 Å². The third kappa shape index (κ3) is 3.51. The number of rotatable bonds is 0. The molecule has 2 atom stereocenters. The minimum atomic E-state index is -0.324. The lowest BCUT2D eigenvalue weighted by Gasteiger charge is -1.94. The van der Waals surface area contributed by atoms with E-state index in [2.05, 4.69) is 0 Å². The van der Waals surface area contributed by atoms with E-state index >= 15 is 0 Å². The molecule has 9 heavy (non-hydrogen) atoms. The molecule has 52 valence electrons. The fourth-order valence-corrected chi connectivity index (χ4v) is 0.639. The van der Waals surface area contributed by atoms with Crippen LogP contribution in [0.2, 0.25) is 0 Å². The van der Waals surface area contributed by atoms with Crippen molar-refractivity contribution in [3.8, 4) is 0 Å². The van der Waals surface area contributed by atoms with Crippen LogP contribution in [0.1, 0.15) is 6.42 Å². The summed E-state index contributed by atoms with van der Waals surface area (Å²) in [6.07, 6.45) is 0.259. The van der Waals surface area contributed by atoms with E-state index < -0.39 is 0 Å². The zero-order valence-electron chi connectivity index (χ0n) is 5.45. The Morgan fingerprint density at radius 1 is 1.56 bits per heavy atom. The van der Waals surface area contributed by atoms with Crippen molar-refractivity contribution in [1.82, 2.24) is 0 Å². The molecule has 0 aromatic heterocycles. The van der Waals surface area contributed by atoms with Gasteiger partial charge in [0.15, 0.2) is 0 Å². The Morgan fingerprint density at radius 3 is 2.22 bits per heavy atom. The summed E-state index contributed by atoms with van der Waals surface area (Å²) in [5, 5.41) is 15.7. The average Bonchev–Trinajstić information content (AvgIpc) is 2.20. The van der Waals surface area contributed by atoms with Gasteiger partial charge in [0.05, 0.1) is 12.7 Å². The molecule has 0 aromatic rings. The smallest absolute Gasteiger partial charge is 0.109 e. The van der Waals surface area contributed by atoms with E-state index in [1.54, 1.807) is 0 Å². The van der Waals surface area contributed by atoms with Gasteiger partial charge in [0.25, 0.3) is 0 Å². The molecule has 1 fully saturated rings. The Bertz CT molecular complexity index is 61.2. The summed E-state index contributed by atoms with van der Waals surface area (Å²) in [7, 11) is 6.24. The van der Waals surface area contributed by atoms with Crippen LogP contribution < -0.4 is 0 Å². The zero-order chi connectivity index (χ0) is 7.28. The monoisotopic (exact) mass is 130 g/mol. The van der Waals surface area contributed by atoms with Crippen molar-refractivity contribution in [3.05, 3.63) is 0 Å². The van der Waals surface area contributed by atoms with Crippen molar-refractivity contribution >= 4 is 7.85 Å². The lowest BCUT2D eigenvalue weighted by molar-refractivity contribution is 0.117.